The van der Waals surface area contributed by atoms with Crippen molar-refractivity contribution < 1.29 is 17.9 Å². The molecule has 1 aliphatic rings. The Morgan fingerprint density at radius 3 is 2.19 bits per heavy atom. The van der Waals surface area contributed by atoms with Gasteiger partial charge in [0, 0.05) is 18.6 Å². The highest BCUT2D eigenvalue weighted by Crippen LogP contribution is 2.24. The highest BCUT2D eigenvalue weighted by Gasteiger charge is 2.34. The van der Waals surface area contributed by atoms with Crippen LogP contribution in [-0.4, -0.2) is 32.2 Å². The van der Waals surface area contributed by atoms with Gasteiger partial charge in [-0.05, 0) is 52.0 Å². The lowest BCUT2D eigenvalue weighted by molar-refractivity contribution is 0.0492. The standard InChI is InChI=1S/C22H29N3O6S/c1-22(2,3)31-21(28)25-16-11-9-15(10-12-16)24-17-18(26)19(27)20(17)32(29,30)23-13-14-7-5-4-6-8-14/h4-8,15-16,23-24H,9-13H2,1-3H3,(H,25,28). The van der Waals surface area contributed by atoms with E-state index in [1.807, 2.05) is 6.07 Å². The van der Waals surface area contributed by atoms with Gasteiger partial charge in [-0.25, -0.2) is 17.9 Å². The Morgan fingerprint density at radius 1 is 1.00 bits per heavy atom. The molecule has 3 rings (SSSR count). The molecule has 1 amide bonds. The van der Waals surface area contributed by atoms with Gasteiger partial charge in [0.15, 0.2) is 4.90 Å². The van der Waals surface area contributed by atoms with E-state index in [0.717, 1.165) is 5.56 Å². The first-order chi connectivity index (χ1) is 15.0. The average Bonchev–Trinajstić information content (AvgIpc) is 2.72. The van der Waals surface area contributed by atoms with Crippen molar-refractivity contribution in [3.63, 3.8) is 0 Å². The Morgan fingerprint density at radius 2 is 1.59 bits per heavy atom. The van der Waals surface area contributed by atoms with Crippen LogP contribution in [0.5, 0.6) is 0 Å². The number of hydrogen-bond donors (Lipinski definition) is 3. The van der Waals surface area contributed by atoms with Crippen LogP contribution in [0.1, 0.15) is 52.0 Å². The second-order valence-electron chi connectivity index (χ2n) is 9.01. The first-order valence-corrected chi connectivity index (χ1v) is 12.1. The molecule has 9 nitrogen and oxygen atoms in total. The van der Waals surface area contributed by atoms with Crippen molar-refractivity contribution in [1.82, 2.24) is 10.0 Å². The summed E-state index contributed by atoms with van der Waals surface area (Å²) in [5, 5.41) is 5.78. The third-order valence-electron chi connectivity index (χ3n) is 5.24. The fourth-order valence-electron chi connectivity index (χ4n) is 3.67. The second-order valence-corrected chi connectivity index (χ2v) is 10.7. The van der Waals surface area contributed by atoms with Crippen molar-refractivity contribution in [2.24, 2.45) is 0 Å². The summed E-state index contributed by atoms with van der Waals surface area (Å²) in [4.78, 5) is 35.5. The third kappa shape index (κ3) is 5.95. The summed E-state index contributed by atoms with van der Waals surface area (Å²) >= 11 is 0. The van der Waals surface area contributed by atoms with Gasteiger partial charge in [-0.3, -0.25) is 9.59 Å². The predicted octanol–water partition coefficient (Wildman–Crippen LogP) is 2.01. The molecule has 10 heteroatoms. The molecule has 0 radical (unpaired) electrons. The molecule has 0 saturated heterocycles. The minimum atomic E-state index is -4.12. The molecule has 174 valence electrons. The number of carbonyl (C=O) groups is 1. The molecule has 1 aliphatic carbocycles. The van der Waals surface area contributed by atoms with E-state index in [9.17, 15) is 22.8 Å². The molecule has 0 spiro atoms. The molecular formula is C22H29N3O6S. The number of alkyl carbamates (subject to hydrolysis) is 1. The fraction of sp³-hybridized carbons (Fsp3) is 0.500. The van der Waals surface area contributed by atoms with Crippen molar-refractivity contribution in [3.05, 3.63) is 56.3 Å². The highest BCUT2D eigenvalue weighted by molar-refractivity contribution is 7.89. The minimum absolute atomic E-state index is 0.0167. The van der Waals surface area contributed by atoms with Crippen LogP contribution in [0.2, 0.25) is 0 Å². The van der Waals surface area contributed by atoms with Gasteiger partial charge in [-0.2, -0.15) is 0 Å². The van der Waals surface area contributed by atoms with Gasteiger partial charge in [0.25, 0.3) is 5.43 Å². The second kappa shape index (κ2) is 9.41. The zero-order valence-electron chi connectivity index (χ0n) is 18.4. The maximum atomic E-state index is 12.6. The van der Waals surface area contributed by atoms with E-state index in [-0.39, 0.29) is 24.3 Å². The van der Waals surface area contributed by atoms with Crippen molar-refractivity contribution in [1.29, 1.82) is 0 Å². The molecule has 2 aromatic carbocycles. The normalized spacial score (nSPS) is 19.5. The largest absolute Gasteiger partial charge is 0.444 e. The van der Waals surface area contributed by atoms with Gasteiger partial charge in [-0.15, -0.1) is 0 Å². The lowest BCUT2D eigenvalue weighted by Gasteiger charge is -2.31. The Hall–Kier alpha value is -2.72. The monoisotopic (exact) mass is 463 g/mol. The Kier molecular flexibility index (Phi) is 7.04. The lowest BCUT2D eigenvalue weighted by Crippen LogP contribution is -2.46. The Labute approximate surface area is 187 Å². The molecule has 32 heavy (non-hydrogen) atoms. The van der Waals surface area contributed by atoms with E-state index in [0.29, 0.717) is 25.7 Å². The Bertz CT molecular complexity index is 1120. The number of ether oxygens (including phenoxy) is 1. The molecule has 3 N–H and O–H groups in total. The van der Waals surface area contributed by atoms with Crippen LogP contribution >= 0.6 is 0 Å². The van der Waals surface area contributed by atoms with E-state index in [4.69, 9.17) is 4.74 Å². The van der Waals surface area contributed by atoms with Gasteiger partial charge in [0.2, 0.25) is 15.5 Å². The Balaban J connectivity index is 1.58. The number of hydrogen-bond acceptors (Lipinski definition) is 7. The molecule has 0 unspecified atom stereocenters. The molecule has 1 saturated carbocycles. The van der Waals surface area contributed by atoms with Gasteiger partial charge < -0.3 is 15.4 Å². The van der Waals surface area contributed by atoms with Crippen LogP contribution in [0.25, 0.3) is 0 Å². The summed E-state index contributed by atoms with van der Waals surface area (Å²) in [7, 11) is -4.12. The number of anilines is 1. The molecule has 2 aromatic rings. The number of amides is 1. The smallest absolute Gasteiger partial charge is 0.407 e. The summed E-state index contributed by atoms with van der Waals surface area (Å²) in [6.07, 6.45) is 2.02. The first-order valence-electron chi connectivity index (χ1n) is 10.6. The number of rotatable bonds is 7. The highest BCUT2D eigenvalue weighted by atomic mass is 32.2. The maximum Gasteiger partial charge on any atom is 0.407 e. The number of nitrogens with one attached hydrogen (secondary N) is 3. The van der Waals surface area contributed by atoms with Crippen molar-refractivity contribution >= 4 is 21.8 Å². The van der Waals surface area contributed by atoms with E-state index < -0.39 is 37.5 Å². The molecule has 0 aromatic heterocycles. The SMILES string of the molecule is CC(C)(C)OC(=O)NC1CCC(Nc2c(S(=O)(=O)NCc3ccccc3)c(=O)c2=O)CC1. The fourth-order valence-corrected chi connectivity index (χ4v) is 4.92. The summed E-state index contributed by atoms with van der Waals surface area (Å²) in [5.74, 6) is 0. The molecule has 1 fully saturated rings. The average molecular weight is 464 g/mol. The van der Waals surface area contributed by atoms with Crippen LogP contribution in [0.15, 0.2) is 44.8 Å². The number of carbonyl (C=O) groups excluding carboxylic acids is 1. The van der Waals surface area contributed by atoms with Crippen LogP contribution in [0.4, 0.5) is 10.5 Å². The number of benzene rings is 1. The van der Waals surface area contributed by atoms with E-state index in [1.54, 1.807) is 45.0 Å². The van der Waals surface area contributed by atoms with Gasteiger partial charge in [-0.1, -0.05) is 30.3 Å². The summed E-state index contributed by atoms with van der Waals surface area (Å²) in [6.45, 7) is 5.39. The predicted molar refractivity (Wildman–Crippen MR) is 121 cm³/mol. The van der Waals surface area contributed by atoms with Crippen molar-refractivity contribution in [2.75, 3.05) is 5.32 Å². The number of sulfonamides is 1. The van der Waals surface area contributed by atoms with Crippen LogP contribution in [-0.2, 0) is 21.3 Å². The summed E-state index contributed by atoms with van der Waals surface area (Å²) < 4.78 is 32.9. The molecule has 0 atom stereocenters. The van der Waals surface area contributed by atoms with Gasteiger partial charge in [0.1, 0.15) is 11.3 Å². The summed E-state index contributed by atoms with van der Waals surface area (Å²) in [6, 6.07) is 8.66. The van der Waals surface area contributed by atoms with Crippen molar-refractivity contribution in [3.8, 4) is 0 Å². The quantitative estimate of drug-likeness (QED) is 0.535. The molecule has 0 aliphatic heterocycles. The zero-order chi connectivity index (χ0) is 23.5. The first kappa shape index (κ1) is 23.9. The minimum Gasteiger partial charge on any atom is -0.444 e. The summed E-state index contributed by atoms with van der Waals surface area (Å²) in [5.41, 5.74) is -1.82. The van der Waals surface area contributed by atoms with Crippen LogP contribution < -0.4 is 26.2 Å². The van der Waals surface area contributed by atoms with E-state index in [2.05, 4.69) is 15.4 Å². The van der Waals surface area contributed by atoms with Gasteiger partial charge >= 0.3 is 6.09 Å². The van der Waals surface area contributed by atoms with Crippen molar-refractivity contribution in [2.45, 2.75) is 75.6 Å². The third-order valence-corrected chi connectivity index (χ3v) is 6.69. The zero-order valence-corrected chi connectivity index (χ0v) is 19.3. The van der Waals surface area contributed by atoms with Crippen LogP contribution in [0.3, 0.4) is 0 Å². The maximum absolute atomic E-state index is 12.6. The van der Waals surface area contributed by atoms with Gasteiger partial charge in [0.05, 0.1) is 0 Å². The topological polar surface area (TPSA) is 131 Å². The lowest BCUT2D eigenvalue weighted by atomic mass is 9.91. The molecular weight excluding hydrogens is 434 g/mol. The van der Waals surface area contributed by atoms with Crippen LogP contribution in [0, 0.1) is 0 Å². The van der Waals surface area contributed by atoms with E-state index >= 15 is 0 Å². The van der Waals surface area contributed by atoms with E-state index in [1.165, 1.54) is 0 Å². The molecule has 0 bridgehead atoms. The molecule has 0 heterocycles.